The Balaban J connectivity index is 3.13. The van der Waals surface area contributed by atoms with Crippen LogP contribution < -0.4 is 0 Å². The lowest BCUT2D eigenvalue weighted by Gasteiger charge is -2.11. The summed E-state index contributed by atoms with van der Waals surface area (Å²) >= 11 is 3.38. The maximum Gasteiger partial charge on any atom is 0.361 e. The molecule has 0 aliphatic carbocycles. The largest absolute Gasteiger partial charge is 0.458 e. The molecule has 1 aromatic carbocycles. The van der Waals surface area contributed by atoms with Crippen LogP contribution in [0.3, 0.4) is 0 Å². The summed E-state index contributed by atoms with van der Waals surface area (Å²) in [5.74, 6) is -0.486. The molecule has 0 radical (unpaired) electrons. The molecule has 0 aliphatic heterocycles. The minimum Gasteiger partial charge on any atom is -0.458 e. The van der Waals surface area contributed by atoms with E-state index in [1.807, 2.05) is 24.3 Å². The fourth-order valence-corrected chi connectivity index (χ4v) is 1.91. The highest BCUT2D eigenvalue weighted by Gasteiger charge is 2.20. The molecule has 5 heteroatoms. The number of halogens is 1. The van der Waals surface area contributed by atoms with Gasteiger partial charge in [-0.25, -0.2) is 4.79 Å². The van der Waals surface area contributed by atoms with E-state index in [0.717, 1.165) is 5.56 Å². The van der Waals surface area contributed by atoms with Crippen molar-refractivity contribution in [1.82, 2.24) is 0 Å². The molecule has 0 saturated heterocycles. The van der Waals surface area contributed by atoms with Crippen LogP contribution in [0.5, 0.6) is 0 Å². The smallest absolute Gasteiger partial charge is 0.361 e. The maximum atomic E-state index is 12.0. The van der Waals surface area contributed by atoms with Gasteiger partial charge in [-0.1, -0.05) is 45.4 Å². The third kappa shape index (κ3) is 3.84. The first-order valence-corrected chi connectivity index (χ1v) is 6.68. The van der Waals surface area contributed by atoms with Gasteiger partial charge < -0.3 is 9.57 Å². The monoisotopic (exact) mass is 313 g/mol. The Bertz CT molecular complexity index is 444. The van der Waals surface area contributed by atoms with E-state index < -0.39 is 5.97 Å². The molecule has 98 valence electrons. The van der Waals surface area contributed by atoms with Gasteiger partial charge in [0.25, 0.3) is 0 Å². The molecule has 0 unspecified atom stereocenters. The van der Waals surface area contributed by atoms with Gasteiger partial charge in [0.05, 0.1) is 6.10 Å². The molecule has 0 atom stereocenters. The number of carbonyl (C=O) groups is 1. The van der Waals surface area contributed by atoms with Gasteiger partial charge in [0.15, 0.2) is 5.71 Å². The van der Waals surface area contributed by atoms with Crippen LogP contribution in [0.15, 0.2) is 29.4 Å². The number of ether oxygens (including phenoxy) is 1. The van der Waals surface area contributed by atoms with E-state index in [9.17, 15) is 4.79 Å². The van der Waals surface area contributed by atoms with Crippen molar-refractivity contribution in [3.05, 3.63) is 35.4 Å². The number of carbonyl (C=O) groups excluding carboxylic acids is 1. The molecular weight excluding hydrogens is 298 g/mol. The zero-order valence-corrected chi connectivity index (χ0v) is 12.2. The summed E-state index contributed by atoms with van der Waals surface area (Å²) in [7, 11) is 1.40. The zero-order chi connectivity index (χ0) is 13.5. The van der Waals surface area contributed by atoms with Crippen molar-refractivity contribution in [2.45, 2.75) is 25.3 Å². The van der Waals surface area contributed by atoms with Crippen LogP contribution >= 0.6 is 15.9 Å². The van der Waals surface area contributed by atoms with Crippen molar-refractivity contribution < 1.29 is 14.4 Å². The molecule has 0 N–H and O–H groups in total. The molecule has 1 rings (SSSR count). The van der Waals surface area contributed by atoms with Gasteiger partial charge in [-0.3, -0.25) is 0 Å². The first kappa shape index (κ1) is 14.7. The Hall–Kier alpha value is -1.36. The predicted octanol–water partition coefficient (Wildman–Crippen LogP) is 2.88. The lowest BCUT2D eigenvalue weighted by Crippen LogP contribution is -2.23. The van der Waals surface area contributed by atoms with Crippen molar-refractivity contribution in [3.63, 3.8) is 0 Å². The molecule has 0 aromatic heterocycles. The van der Waals surface area contributed by atoms with E-state index in [1.165, 1.54) is 7.11 Å². The van der Waals surface area contributed by atoms with Crippen molar-refractivity contribution in [2.75, 3.05) is 7.11 Å². The van der Waals surface area contributed by atoms with Gasteiger partial charge >= 0.3 is 5.97 Å². The Labute approximate surface area is 115 Å². The molecule has 0 heterocycles. The molecular formula is C13H16BrNO3. The molecule has 0 bridgehead atoms. The van der Waals surface area contributed by atoms with Gasteiger partial charge in [-0.15, -0.1) is 0 Å². The van der Waals surface area contributed by atoms with Gasteiger partial charge in [0.2, 0.25) is 0 Å². The number of hydrogen-bond acceptors (Lipinski definition) is 4. The normalized spacial score (nSPS) is 11.5. The van der Waals surface area contributed by atoms with Crippen molar-refractivity contribution >= 4 is 27.6 Å². The van der Waals surface area contributed by atoms with Crippen LogP contribution in [-0.2, 0) is 19.7 Å². The molecule has 0 amide bonds. The summed E-state index contributed by atoms with van der Waals surface area (Å²) in [5.41, 5.74) is 1.84. The standard InChI is InChI=1S/C13H16BrNO3/c1-9(2)18-13(16)12(15-17-3)11-7-5-4-6-10(11)8-14/h4-7,9H,8H2,1-3H3/b15-12+. The SMILES string of the molecule is CO/N=C(/C(=O)OC(C)C)c1ccccc1CBr. The summed E-state index contributed by atoms with van der Waals surface area (Å²) in [5, 5.41) is 4.40. The Morgan fingerprint density at radius 3 is 2.61 bits per heavy atom. The molecule has 1 aromatic rings. The van der Waals surface area contributed by atoms with Gasteiger partial charge in [0, 0.05) is 10.9 Å². The van der Waals surface area contributed by atoms with Crippen LogP contribution in [0.25, 0.3) is 0 Å². The summed E-state index contributed by atoms with van der Waals surface area (Å²) in [4.78, 5) is 16.7. The van der Waals surface area contributed by atoms with Crippen molar-refractivity contribution in [2.24, 2.45) is 5.16 Å². The Kier molecular flexibility index (Phi) is 5.85. The van der Waals surface area contributed by atoms with Crippen LogP contribution in [0.4, 0.5) is 0 Å². The van der Waals surface area contributed by atoms with Crippen molar-refractivity contribution in [1.29, 1.82) is 0 Å². The average Bonchev–Trinajstić information content (AvgIpc) is 2.35. The number of benzene rings is 1. The number of hydrogen-bond donors (Lipinski definition) is 0. The molecule has 0 aliphatic rings. The fraction of sp³-hybridized carbons (Fsp3) is 0.385. The molecule has 18 heavy (non-hydrogen) atoms. The third-order valence-corrected chi connectivity index (χ3v) is 2.74. The van der Waals surface area contributed by atoms with Gasteiger partial charge in [-0.2, -0.15) is 0 Å². The highest BCUT2D eigenvalue weighted by atomic mass is 79.9. The first-order valence-electron chi connectivity index (χ1n) is 5.56. The quantitative estimate of drug-likeness (QED) is 0.363. The third-order valence-electron chi connectivity index (χ3n) is 2.14. The van der Waals surface area contributed by atoms with E-state index in [2.05, 4.69) is 21.1 Å². The second-order valence-electron chi connectivity index (χ2n) is 3.87. The van der Waals surface area contributed by atoms with E-state index in [1.54, 1.807) is 13.8 Å². The van der Waals surface area contributed by atoms with E-state index in [-0.39, 0.29) is 11.8 Å². The number of rotatable bonds is 5. The van der Waals surface area contributed by atoms with E-state index in [4.69, 9.17) is 9.57 Å². The van der Waals surface area contributed by atoms with Gasteiger partial charge in [-0.05, 0) is 19.4 Å². The lowest BCUT2D eigenvalue weighted by molar-refractivity contribution is -0.139. The minimum absolute atomic E-state index is 0.182. The van der Waals surface area contributed by atoms with Gasteiger partial charge in [0.1, 0.15) is 7.11 Å². The zero-order valence-electron chi connectivity index (χ0n) is 10.6. The lowest BCUT2D eigenvalue weighted by atomic mass is 10.0. The molecule has 0 spiro atoms. The molecule has 0 fully saturated rings. The van der Waals surface area contributed by atoms with Crippen LogP contribution in [0.2, 0.25) is 0 Å². The number of oxime groups is 1. The van der Waals surface area contributed by atoms with Crippen LogP contribution in [0, 0.1) is 0 Å². The summed E-state index contributed by atoms with van der Waals surface area (Å²) in [6.45, 7) is 3.58. The maximum absolute atomic E-state index is 12.0. The summed E-state index contributed by atoms with van der Waals surface area (Å²) in [6.07, 6.45) is -0.198. The van der Waals surface area contributed by atoms with Crippen LogP contribution in [0.1, 0.15) is 25.0 Å². The highest BCUT2D eigenvalue weighted by molar-refractivity contribution is 9.08. The number of esters is 1. The number of alkyl halides is 1. The summed E-state index contributed by atoms with van der Waals surface area (Å²) < 4.78 is 5.15. The average molecular weight is 314 g/mol. The second-order valence-corrected chi connectivity index (χ2v) is 4.43. The fourth-order valence-electron chi connectivity index (χ4n) is 1.43. The van der Waals surface area contributed by atoms with Crippen LogP contribution in [-0.4, -0.2) is 24.9 Å². The van der Waals surface area contributed by atoms with E-state index >= 15 is 0 Å². The first-order chi connectivity index (χ1) is 8.60. The Morgan fingerprint density at radius 2 is 2.06 bits per heavy atom. The molecule has 4 nitrogen and oxygen atoms in total. The number of nitrogens with zero attached hydrogens (tertiary/aromatic N) is 1. The molecule has 0 saturated carbocycles. The second kappa shape index (κ2) is 7.16. The topological polar surface area (TPSA) is 47.9 Å². The minimum atomic E-state index is -0.486. The predicted molar refractivity (Wildman–Crippen MR) is 73.8 cm³/mol. The van der Waals surface area contributed by atoms with E-state index in [0.29, 0.717) is 10.9 Å². The summed E-state index contributed by atoms with van der Waals surface area (Å²) in [6, 6.07) is 7.47. The van der Waals surface area contributed by atoms with Crippen molar-refractivity contribution in [3.8, 4) is 0 Å². The highest BCUT2D eigenvalue weighted by Crippen LogP contribution is 2.15. The Morgan fingerprint density at radius 1 is 1.39 bits per heavy atom.